The van der Waals surface area contributed by atoms with Crippen LogP contribution in [0, 0.1) is 0 Å². The summed E-state index contributed by atoms with van der Waals surface area (Å²) in [4.78, 5) is 20.4. The number of amides is 1. The lowest BCUT2D eigenvalue weighted by atomic mass is 10.0. The molecule has 0 aliphatic heterocycles. The third-order valence-electron chi connectivity index (χ3n) is 5.69. The number of ether oxygens (including phenoxy) is 4. The van der Waals surface area contributed by atoms with Gasteiger partial charge < -0.3 is 28.3 Å². The number of aromatic nitrogens is 1. The molecule has 0 spiro atoms. The molecule has 0 unspecified atom stereocenters. The van der Waals surface area contributed by atoms with Crippen molar-refractivity contribution >= 4 is 16.8 Å². The number of benzene rings is 2. The van der Waals surface area contributed by atoms with Crippen molar-refractivity contribution in [3.8, 4) is 28.5 Å². The van der Waals surface area contributed by atoms with E-state index in [-0.39, 0.29) is 5.91 Å². The van der Waals surface area contributed by atoms with Gasteiger partial charge >= 0.3 is 0 Å². The predicted octanol–water partition coefficient (Wildman–Crippen LogP) is 4.81. The SMILES string of the molecule is COCCN(Cc1ccco1)C(=O)c1cc(-c2cc(OC)c(OC)c(OC)c2)nc2ccccc12. The van der Waals surface area contributed by atoms with Gasteiger partial charge in [-0.05, 0) is 36.4 Å². The maximum atomic E-state index is 13.9. The molecule has 2 aromatic heterocycles. The van der Waals surface area contributed by atoms with Crippen molar-refractivity contribution in [3.05, 3.63) is 72.2 Å². The molecule has 0 atom stereocenters. The second-order valence-corrected chi connectivity index (χ2v) is 7.79. The minimum absolute atomic E-state index is 0.147. The molecular weight excluding hydrogens is 448 g/mol. The number of fused-ring (bicyclic) bond motifs is 1. The van der Waals surface area contributed by atoms with Crippen molar-refractivity contribution < 1.29 is 28.2 Å². The summed E-state index contributed by atoms with van der Waals surface area (Å²) < 4.78 is 27.2. The van der Waals surface area contributed by atoms with Gasteiger partial charge in [0.15, 0.2) is 11.5 Å². The Labute approximate surface area is 204 Å². The molecule has 0 saturated carbocycles. The fraction of sp³-hybridized carbons (Fsp3) is 0.259. The zero-order valence-electron chi connectivity index (χ0n) is 20.2. The van der Waals surface area contributed by atoms with E-state index >= 15 is 0 Å². The van der Waals surface area contributed by atoms with Gasteiger partial charge in [-0.2, -0.15) is 0 Å². The standard InChI is InChI=1S/C27H28N2O6/c1-31-13-11-29(17-19-8-7-12-35-19)27(30)21-16-23(28-22-10-6-5-9-20(21)22)18-14-24(32-2)26(34-4)25(15-18)33-3/h5-10,12,14-16H,11,13,17H2,1-4H3. The summed E-state index contributed by atoms with van der Waals surface area (Å²) in [6.45, 7) is 1.13. The first kappa shape index (κ1) is 24.1. The topological polar surface area (TPSA) is 83.3 Å². The summed E-state index contributed by atoms with van der Waals surface area (Å²) in [5.74, 6) is 2.04. The van der Waals surface area contributed by atoms with Crippen molar-refractivity contribution in [2.24, 2.45) is 0 Å². The molecule has 182 valence electrons. The molecule has 2 aromatic carbocycles. The van der Waals surface area contributed by atoms with Crippen LogP contribution in [-0.2, 0) is 11.3 Å². The number of rotatable bonds is 10. The molecule has 0 aliphatic rings. The summed E-state index contributed by atoms with van der Waals surface area (Å²) >= 11 is 0. The van der Waals surface area contributed by atoms with Crippen molar-refractivity contribution in [2.45, 2.75) is 6.54 Å². The number of furan rings is 1. The Morgan fingerprint density at radius 3 is 2.31 bits per heavy atom. The van der Waals surface area contributed by atoms with Crippen LogP contribution >= 0.6 is 0 Å². The third kappa shape index (κ3) is 5.07. The van der Waals surface area contributed by atoms with Crippen LogP contribution in [0.4, 0.5) is 0 Å². The van der Waals surface area contributed by atoms with E-state index in [2.05, 4.69) is 0 Å². The third-order valence-corrected chi connectivity index (χ3v) is 5.69. The van der Waals surface area contributed by atoms with E-state index in [1.54, 1.807) is 51.7 Å². The zero-order valence-corrected chi connectivity index (χ0v) is 20.2. The molecule has 4 aromatic rings. The largest absolute Gasteiger partial charge is 0.493 e. The highest BCUT2D eigenvalue weighted by molar-refractivity contribution is 6.07. The average molecular weight is 477 g/mol. The van der Waals surface area contributed by atoms with Gasteiger partial charge in [0.1, 0.15) is 5.76 Å². The monoisotopic (exact) mass is 476 g/mol. The average Bonchev–Trinajstić information content (AvgIpc) is 3.42. The Hall–Kier alpha value is -4.04. The second kappa shape index (κ2) is 10.9. The molecule has 8 nitrogen and oxygen atoms in total. The fourth-order valence-electron chi connectivity index (χ4n) is 3.94. The summed E-state index contributed by atoms with van der Waals surface area (Å²) in [6, 6.07) is 16.7. The fourth-order valence-corrected chi connectivity index (χ4v) is 3.94. The predicted molar refractivity (Wildman–Crippen MR) is 132 cm³/mol. The van der Waals surface area contributed by atoms with Crippen molar-refractivity contribution in [1.29, 1.82) is 0 Å². The summed E-state index contributed by atoms with van der Waals surface area (Å²) in [7, 11) is 6.29. The number of carbonyl (C=O) groups excluding carboxylic acids is 1. The number of methoxy groups -OCH3 is 4. The maximum absolute atomic E-state index is 13.9. The highest BCUT2D eigenvalue weighted by Crippen LogP contribution is 2.41. The number of hydrogen-bond acceptors (Lipinski definition) is 7. The summed E-state index contributed by atoms with van der Waals surface area (Å²) in [5, 5.41) is 0.760. The minimum atomic E-state index is -0.147. The lowest BCUT2D eigenvalue weighted by Crippen LogP contribution is -2.33. The van der Waals surface area contributed by atoms with Crippen molar-refractivity contribution in [1.82, 2.24) is 9.88 Å². The van der Waals surface area contributed by atoms with E-state index in [1.165, 1.54) is 0 Å². The van der Waals surface area contributed by atoms with Crippen LogP contribution in [0.1, 0.15) is 16.1 Å². The number of hydrogen-bond donors (Lipinski definition) is 0. The molecule has 0 N–H and O–H groups in total. The first-order chi connectivity index (χ1) is 17.1. The van der Waals surface area contributed by atoms with Gasteiger partial charge in [0.2, 0.25) is 5.75 Å². The quantitative estimate of drug-likeness (QED) is 0.325. The van der Waals surface area contributed by atoms with Gasteiger partial charge in [-0.25, -0.2) is 4.98 Å². The minimum Gasteiger partial charge on any atom is -0.493 e. The number of nitrogens with zero attached hydrogens (tertiary/aromatic N) is 2. The summed E-state index contributed by atoms with van der Waals surface area (Å²) in [6.07, 6.45) is 1.60. The Bertz CT molecular complexity index is 1280. The normalized spacial score (nSPS) is 10.9. The molecule has 8 heteroatoms. The summed E-state index contributed by atoms with van der Waals surface area (Å²) in [5.41, 5.74) is 2.57. The lowest BCUT2D eigenvalue weighted by Gasteiger charge is -2.22. The van der Waals surface area contributed by atoms with Gasteiger partial charge in [0.05, 0.1) is 57.5 Å². The Morgan fingerprint density at radius 1 is 0.943 bits per heavy atom. The number of para-hydroxylation sites is 1. The molecule has 0 fully saturated rings. The molecule has 0 radical (unpaired) electrons. The van der Waals surface area contributed by atoms with Crippen LogP contribution < -0.4 is 14.2 Å². The van der Waals surface area contributed by atoms with E-state index in [9.17, 15) is 4.79 Å². The number of pyridine rings is 1. The zero-order chi connectivity index (χ0) is 24.8. The van der Waals surface area contributed by atoms with E-state index < -0.39 is 0 Å². The lowest BCUT2D eigenvalue weighted by molar-refractivity contribution is 0.0668. The molecule has 0 saturated heterocycles. The van der Waals surface area contributed by atoms with E-state index in [0.29, 0.717) is 59.5 Å². The molecule has 1 amide bonds. The van der Waals surface area contributed by atoms with Gasteiger partial charge in [0.25, 0.3) is 5.91 Å². The van der Waals surface area contributed by atoms with Crippen LogP contribution in [0.3, 0.4) is 0 Å². The molecular formula is C27H28N2O6. The van der Waals surface area contributed by atoms with E-state index in [1.807, 2.05) is 42.5 Å². The Balaban J connectivity index is 1.84. The first-order valence-corrected chi connectivity index (χ1v) is 11.1. The number of carbonyl (C=O) groups is 1. The van der Waals surface area contributed by atoms with Crippen LogP contribution in [0.5, 0.6) is 17.2 Å². The van der Waals surface area contributed by atoms with Crippen molar-refractivity contribution in [2.75, 3.05) is 41.6 Å². The molecule has 0 bridgehead atoms. The molecule has 4 rings (SSSR count). The van der Waals surface area contributed by atoms with Gasteiger partial charge in [-0.1, -0.05) is 18.2 Å². The highest BCUT2D eigenvalue weighted by Gasteiger charge is 2.22. The van der Waals surface area contributed by atoms with Gasteiger partial charge in [0, 0.05) is 24.6 Å². The van der Waals surface area contributed by atoms with E-state index in [0.717, 1.165) is 10.9 Å². The first-order valence-electron chi connectivity index (χ1n) is 11.1. The van der Waals surface area contributed by atoms with Crippen LogP contribution in [0.2, 0.25) is 0 Å². The van der Waals surface area contributed by atoms with Crippen LogP contribution in [0.15, 0.2) is 65.3 Å². The second-order valence-electron chi connectivity index (χ2n) is 7.79. The van der Waals surface area contributed by atoms with E-state index in [4.69, 9.17) is 28.3 Å². The van der Waals surface area contributed by atoms with Crippen molar-refractivity contribution in [3.63, 3.8) is 0 Å². The highest BCUT2D eigenvalue weighted by atomic mass is 16.5. The Kier molecular flexibility index (Phi) is 7.52. The molecule has 0 aliphatic carbocycles. The smallest absolute Gasteiger partial charge is 0.255 e. The van der Waals surface area contributed by atoms with Crippen LogP contribution in [-0.4, -0.2) is 57.4 Å². The van der Waals surface area contributed by atoms with Gasteiger partial charge in [-0.3, -0.25) is 4.79 Å². The Morgan fingerprint density at radius 2 is 1.69 bits per heavy atom. The van der Waals surface area contributed by atoms with Gasteiger partial charge in [-0.15, -0.1) is 0 Å². The molecule has 35 heavy (non-hydrogen) atoms. The molecule has 2 heterocycles. The maximum Gasteiger partial charge on any atom is 0.255 e. The van der Waals surface area contributed by atoms with Crippen LogP contribution in [0.25, 0.3) is 22.2 Å².